The van der Waals surface area contributed by atoms with Crippen molar-refractivity contribution in [1.29, 1.82) is 0 Å². The molecule has 5 rings (SSSR count). The number of imidazole rings is 1. The first-order valence-electron chi connectivity index (χ1n) is 10.4. The predicted molar refractivity (Wildman–Crippen MR) is 130 cm³/mol. The molecule has 0 fully saturated rings. The van der Waals surface area contributed by atoms with Crippen LogP contribution < -0.4 is 4.31 Å². The molecule has 0 radical (unpaired) electrons. The van der Waals surface area contributed by atoms with Crippen molar-refractivity contribution in [3.05, 3.63) is 102 Å². The quantitative estimate of drug-likeness (QED) is 0.368. The molecule has 160 valence electrons. The highest BCUT2D eigenvalue weighted by Gasteiger charge is 2.21. The van der Waals surface area contributed by atoms with Crippen molar-refractivity contribution in [2.45, 2.75) is 18.4 Å². The van der Waals surface area contributed by atoms with Crippen LogP contribution in [0, 0.1) is 6.92 Å². The number of hydrogen-bond acceptors (Lipinski definition) is 3. The number of aryl methyl sites for hydroxylation is 1. The highest BCUT2D eigenvalue weighted by Crippen LogP contribution is 2.26. The summed E-state index contributed by atoms with van der Waals surface area (Å²) < 4.78 is 29.9. The van der Waals surface area contributed by atoms with Crippen LogP contribution in [0.15, 0.2) is 95.9 Å². The van der Waals surface area contributed by atoms with Crippen LogP contribution in [-0.4, -0.2) is 25.0 Å². The van der Waals surface area contributed by atoms with Crippen LogP contribution in [0.5, 0.6) is 0 Å². The van der Waals surface area contributed by atoms with Gasteiger partial charge in [-0.1, -0.05) is 54.6 Å². The van der Waals surface area contributed by atoms with Crippen molar-refractivity contribution in [1.82, 2.24) is 9.55 Å². The molecule has 5 aromatic rings. The van der Waals surface area contributed by atoms with Gasteiger partial charge in [0.25, 0.3) is 10.0 Å². The standard InChI is InChI=1S/C26H23N3O2S/c1-19-27-25-9-5-6-10-26(25)29(19)18-20-11-14-23(15-12-20)28(2)32(30,31)24-16-13-21-7-3-4-8-22(21)17-24/h3-17H,18H2,1-2H3. The van der Waals surface area contributed by atoms with Gasteiger partial charge in [0.05, 0.1) is 21.6 Å². The van der Waals surface area contributed by atoms with Crippen LogP contribution in [0.4, 0.5) is 5.69 Å². The number of benzene rings is 4. The number of nitrogens with zero attached hydrogens (tertiary/aromatic N) is 3. The molecule has 1 heterocycles. The SMILES string of the molecule is Cc1nc2ccccc2n1Cc1ccc(N(C)S(=O)(=O)c2ccc3ccccc3c2)cc1. The maximum absolute atomic E-state index is 13.2. The summed E-state index contributed by atoms with van der Waals surface area (Å²) in [6, 6.07) is 28.7. The number of fused-ring (bicyclic) bond motifs is 2. The van der Waals surface area contributed by atoms with Crippen LogP contribution in [0.1, 0.15) is 11.4 Å². The average molecular weight is 442 g/mol. The lowest BCUT2D eigenvalue weighted by atomic mass is 10.1. The summed E-state index contributed by atoms with van der Waals surface area (Å²) in [5.74, 6) is 0.950. The Labute approximate surface area is 187 Å². The van der Waals surface area contributed by atoms with Crippen LogP contribution in [0.25, 0.3) is 21.8 Å². The monoisotopic (exact) mass is 441 g/mol. The van der Waals surface area contributed by atoms with Crippen molar-refractivity contribution in [3.8, 4) is 0 Å². The zero-order chi connectivity index (χ0) is 22.3. The van der Waals surface area contributed by atoms with Gasteiger partial charge in [-0.3, -0.25) is 4.31 Å². The van der Waals surface area contributed by atoms with Crippen LogP contribution >= 0.6 is 0 Å². The zero-order valence-corrected chi connectivity index (χ0v) is 18.8. The normalized spacial score (nSPS) is 11.8. The third-order valence-corrected chi connectivity index (χ3v) is 7.65. The first-order valence-corrected chi connectivity index (χ1v) is 11.9. The molecule has 0 aliphatic carbocycles. The van der Waals surface area contributed by atoms with Crippen molar-refractivity contribution < 1.29 is 8.42 Å². The lowest BCUT2D eigenvalue weighted by Gasteiger charge is -2.20. The van der Waals surface area contributed by atoms with E-state index in [4.69, 9.17) is 0 Å². The maximum atomic E-state index is 13.2. The number of sulfonamides is 1. The van der Waals surface area contributed by atoms with Gasteiger partial charge in [-0.2, -0.15) is 0 Å². The first-order chi connectivity index (χ1) is 15.4. The first kappa shape index (κ1) is 20.3. The zero-order valence-electron chi connectivity index (χ0n) is 17.9. The average Bonchev–Trinajstić information content (AvgIpc) is 3.13. The molecule has 0 spiro atoms. The molecule has 6 heteroatoms. The van der Waals surface area contributed by atoms with E-state index in [1.165, 1.54) is 4.31 Å². The molecule has 0 saturated carbocycles. The molecule has 0 aliphatic rings. The summed E-state index contributed by atoms with van der Waals surface area (Å²) in [5.41, 5.74) is 3.76. The minimum absolute atomic E-state index is 0.281. The molecule has 0 atom stereocenters. The van der Waals surface area contributed by atoms with Gasteiger partial charge < -0.3 is 4.57 Å². The maximum Gasteiger partial charge on any atom is 0.264 e. The van der Waals surface area contributed by atoms with Gasteiger partial charge in [0.1, 0.15) is 5.82 Å². The van der Waals surface area contributed by atoms with Gasteiger partial charge in [0, 0.05) is 13.6 Å². The summed E-state index contributed by atoms with van der Waals surface area (Å²) in [7, 11) is -2.07. The van der Waals surface area contributed by atoms with Gasteiger partial charge in [0.15, 0.2) is 0 Å². The molecule has 0 aliphatic heterocycles. The lowest BCUT2D eigenvalue weighted by Crippen LogP contribution is -2.26. The largest absolute Gasteiger partial charge is 0.324 e. The van der Waals surface area contributed by atoms with Gasteiger partial charge in [-0.15, -0.1) is 0 Å². The highest BCUT2D eigenvalue weighted by molar-refractivity contribution is 7.92. The molecule has 1 aromatic heterocycles. The second-order valence-corrected chi connectivity index (χ2v) is 9.85. The molecular formula is C26H23N3O2S. The van der Waals surface area contributed by atoms with E-state index in [1.54, 1.807) is 19.2 Å². The van der Waals surface area contributed by atoms with Gasteiger partial charge in [0.2, 0.25) is 0 Å². The number of hydrogen-bond donors (Lipinski definition) is 0. The molecule has 0 N–H and O–H groups in total. The fourth-order valence-corrected chi connectivity index (χ4v) is 5.25. The second kappa shape index (κ2) is 7.80. The summed E-state index contributed by atoms with van der Waals surface area (Å²) in [6.45, 7) is 2.67. The van der Waals surface area contributed by atoms with Crippen molar-refractivity contribution >= 4 is 37.5 Å². The van der Waals surface area contributed by atoms with E-state index in [-0.39, 0.29) is 4.90 Å². The number of aromatic nitrogens is 2. The second-order valence-electron chi connectivity index (χ2n) is 7.88. The molecule has 0 bridgehead atoms. The van der Waals surface area contributed by atoms with E-state index in [2.05, 4.69) is 15.6 Å². The number of para-hydroxylation sites is 2. The molecule has 4 aromatic carbocycles. The lowest BCUT2D eigenvalue weighted by molar-refractivity contribution is 0.594. The Balaban J connectivity index is 1.41. The van der Waals surface area contributed by atoms with Crippen molar-refractivity contribution in [3.63, 3.8) is 0 Å². The molecular weight excluding hydrogens is 418 g/mol. The Morgan fingerprint density at radius 2 is 1.53 bits per heavy atom. The molecule has 0 saturated heterocycles. The molecule has 0 amide bonds. The summed E-state index contributed by atoms with van der Waals surface area (Å²) in [6.07, 6.45) is 0. The van der Waals surface area contributed by atoms with Crippen molar-refractivity contribution in [2.24, 2.45) is 0 Å². The smallest absolute Gasteiger partial charge is 0.264 e. The van der Waals surface area contributed by atoms with E-state index in [9.17, 15) is 8.42 Å². The van der Waals surface area contributed by atoms with Crippen LogP contribution in [0.2, 0.25) is 0 Å². The van der Waals surface area contributed by atoms with E-state index in [0.29, 0.717) is 12.2 Å². The Kier molecular flexibility index (Phi) is 4.94. The molecule has 32 heavy (non-hydrogen) atoms. The fraction of sp³-hybridized carbons (Fsp3) is 0.115. The Morgan fingerprint density at radius 1 is 0.844 bits per heavy atom. The Hall–Kier alpha value is -3.64. The topological polar surface area (TPSA) is 55.2 Å². The summed E-state index contributed by atoms with van der Waals surface area (Å²) in [5, 5.41) is 1.92. The third-order valence-electron chi connectivity index (χ3n) is 5.87. The highest BCUT2D eigenvalue weighted by atomic mass is 32.2. The van der Waals surface area contributed by atoms with Gasteiger partial charge in [-0.25, -0.2) is 13.4 Å². The number of rotatable bonds is 5. The number of anilines is 1. The van der Waals surface area contributed by atoms with E-state index in [0.717, 1.165) is 33.2 Å². The Morgan fingerprint density at radius 3 is 2.31 bits per heavy atom. The summed E-state index contributed by atoms with van der Waals surface area (Å²) in [4.78, 5) is 4.90. The Bertz CT molecular complexity index is 1540. The molecule has 5 nitrogen and oxygen atoms in total. The van der Waals surface area contributed by atoms with Gasteiger partial charge >= 0.3 is 0 Å². The minimum atomic E-state index is -3.66. The van der Waals surface area contributed by atoms with Gasteiger partial charge in [-0.05, 0) is 59.7 Å². The van der Waals surface area contributed by atoms with Crippen molar-refractivity contribution in [2.75, 3.05) is 11.4 Å². The molecule has 0 unspecified atom stereocenters. The summed E-state index contributed by atoms with van der Waals surface area (Å²) >= 11 is 0. The van der Waals surface area contributed by atoms with Crippen LogP contribution in [0.3, 0.4) is 0 Å². The van der Waals surface area contributed by atoms with E-state index in [1.807, 2.05) is 79.7 Å². The van der Waals surface area contributed by atoms with E-state index >= 15 is 0 Å². The van der Waals surface area contributed by atoms with Crippen LogP contribution in [-0.2, 0) is 16.6 Å². The fourth-order valence-electron chi connectivity index (χ4n) is 4.01. The third kappa shape index (κ3) is 3.52. The minimum Gasteiger partial charge on any atom is -0.324 e. The van der Waals surface area contributed by atoms with E-state index < -0.39 is 10.0 Å². The predicted octanol–water partition coefficient (Wildman–Crippen LogP) is 5.37.